The first kappa shape index (κ1) is 28.0. The largest absolute Gasteiger partial charge is 0.508 e. The lowest BCUT2D eigenvalue weighted by atomic mass is 10.0. The number of hydrogen-bond acceptors (Lipinski definition) is 8. The predicted molar refractivity (Wildman–Crippen MR) is 122 cm³/mol. The third-order valence-electron chi connectivity index (χ3n) is 5.58. The zero-order valence-corrected chi connectivity index (χ0v) is 19.3. The molecule has 0 bridgehead atoms. The average Bonchev–Trinajstić information content (AvgIpc) is 3.28. The molecule has 1 fully saturated rings. The molecule has 1 aliphatic rings. The van der Waals surface area contributed by atoms with Crippen LogP contribution in [0.3, 0.4) is 0 Å². The lowest BCUT2D eigenvalue weighted by molar-refractivity contribution is -0.150. The summed E-state index contributed by atoms with van der Waals surface area (Å²) in [5.41, 5.74) is 11.2. The summed E-state index contributed by atoms with van der Waals surface area (Å²) in [5, 5.41) is 32.8. The van der Waals surface area contributed by atoms with E-state index >= 15 is 0 Å². The Balaban J connectivity index is 2.26. The van der Waals surface area contributed by atoms with Gasteiger partial charge in [0, 0.05) is 13.0 Å². The second-order valence-electron chi connectivity index (χ2n) is 8.40. The molecule has 14 heteroatoms. The number of likely N-dealkylation sites (tertiary alicyclic amines) is 1. The van der Waals surface area contributed by atoms with Crippen LogP contribution in [0.25, 0.3) is 0 Å². The van der Waals surface area contributed by atoms with Crippen LogP contribution in [0.4, 0.5) is 0 Å². The highest BCUT2D eigenvalue weighted by molar-refractivity contribution is 5.96. The van der Waals surface area contributed by atoms with Crippen molar-refractivity contribution in [1.82, 2.24) is 15.5 Å². The van der Waals surface area contributed by atoms with E-state index in [-0.39, 0.29) is 25.1 Å². The van der Waals surface area contributed by atoms with Crippen LogP contribution in [0, 0.1) is 0 Å². The number of nitrogens with two attached hydrogens (primary N) is 2. The quantitative estimate of drug-likeness (QED) is 0.159. The number of hydrogen-bond donors (Lipinski definition) is 7. The van der Waals surface area contributed by atoms with E-state index in [9.17, 15) is 44.1 Å². The molecule has 1 aromatic rings. The minimum absolute atomic E-state index is 0.0435. The van der Waals surface area contributed by atoms with Crippen molar-refractivity contribution in [3.05, 3.63) is 29.8 Å². The zero-order chi connectivity index (χ0) is 27.0. The van der Waals surface area contributed by atoms with Crippen molar-refractivity contribution in [2.75, 3.05) is 6.54 Å². The second-order valence-corrected chi connectivity index (χ2v) is 8.40. The molecule has 9 N–H and O–H groups in total. The standard InChI is InChI=1S/C22H29N5O9/c23-13(9-17(24)29)19(32)25-14(8-11-3-5-12(28)6-4-11)20(33)26-15(10-18(30)31)21(34)27-7-1-2-16(27)22(35)36/h3-6,13-16,28H,1-2,7-10,23H2,(H2,24,29)(H,25,32)(H,26,33)(H,30,31)(H,35,36). The summed E-state index contributed by atoms with van der Waals surface area (Å²) < 4.78 is 0. The highest BCUT2D eigenvalue weighted by atomic mass is 16.4. The van der Waals surface area contributed by atoms with Crippen LogP contribution in [0.15, 0.2) is 24.3 Å². The third kappa shape index (κ3) is 7.94. The van der Waals surface area contributed by atoms with E-state index < -0.39 is 72.6 Å². The number of primary amides is 1. The molecule has 4 atom stereocenters. The van der Waals surface area contributed by atoms with Crippen molar-refractivity contribution in [1.29, 1.82) is 0 Å². The molecule has 0 saturated carbocycles. The molecule has 0 spiro atoms. The summed E-state index contributed by atoms with van der Waals surface area (Å²) in [5.74, 6) is -6.26. The van der Waals surface area contributed by atoms with Gasteiger partial charge in [0.25, 0.3) is 0 Å². The van der Waals surface area contributed by atoms with E-state index in [1.165, 1.54) is 24.3 Å². The van der Waals surface area contributed by atoms with Crippen LogP contribution in [-0.2, 0) is 35.2 Å². The Morgan fingerprint density at radius 3 is 2.14 bits per heavy atom. The topological polar surface area (TPSA) is 242 Å². The Morgan fingerprint density at radius 2 is 1.58 bits per heavy atom. The smallest absolute Gasteiger partial charge is 0.326 e. The van der Waals surface area contributed by atoms with Gasteiger partial charge in [-0.1, -0.05) is 12.1 Å². The molecular formula is C22H29N5O9. The van der Waals surface area contributed by atoms with Crippen molar-refractivity contribution < 1.29 is 44.1 Å². The van der Waals surface area contributed by atoms with Crippen molar-refractivity contribution in [3.8, 4) is 5.75 Å². The van der Waals surface area contributed by atoms with Gasteiger partial charge in [0.1, 0.15) is 23.9 Å². The van der Waals surface area contributed by atoms with Crippen LogP contribution in [0.1, 0.15) is 31.2 Å². The van der Waals surface area contributed by atoms with Crippen LogP contribution in [0.5, 0.6) is 5.75 Å². The number of aromatic hydroxyl groups is 1. The van der Waals surface area contributed by atoms with Gasteiger partial charge >= 0.3 is 11.9 Å². The van der Waals surface area contributed by atoms with Crippen molar-refractivity contribution >= 4 is 35.6 Å². The molecule has 36 heavy (non-hydrogen) atoms. The van der Waals surface area contributed by atoms with Gasteiger partial charge in [-0.05, 0) is 30.5 Å². The second kappa shape index (κ2) is 12.5. The molecule has 14 nitrogen and oxygen atoms in total. The molecule has 0 radical (unpaired) electrons. The van der Waals surface area contributed by atoms with Gasteiger partial charge in [0.15, 0.2) is 0 Å². The number of amides is 4. The van der Waals surface area contributed by atoms with E-state index in [2.05, 4.69) is 10.6 Å². The normalized spacial score (nSPS) is 17.5. The molecule has 0 aromatic heterocycles. The number of nitrogens with zero attached hydrogens (tertiary/aromatic N) is 1. The molecule has 4 amide bonds. The van der Waals surface area contributed by atoms with E-state index in [1.54, 1.807) is 0 Å². The van der Waals surface area contributed by atoms with Gasteiger partial charge in [-0.3, -0.25) is 24.0 Å². The number of aliphatic carboxylic acids is 2. The average molecular weight is 508 g/mol. The number of benzene rings is 1. The first-order chi connectivity index (χ1) is 16.9. The fourth-order valence-electron chi connectivity index (χ4n) is 3.80. The van der Waals surface area contributed by atoms with Gasteiger partial charge in [-0.2, -0.15) is 0 Å². The highest BCUT2D eigenvalue weighted by Gasteiger charge is 2.39. The summed E-state index contributed by atoms with van der Waals surface area (Å²) in [6, 6.07) is 0.175. The number of phenolic OH excluding ortho intramolecular Hbond substituents is 1. The van der Waals surface area contributed by atoms with Gasteiger partial charge in [0.2, 0.25) is 23.6 Å². The van der Waals surface area contributed by atoms with Crippen LogP contribution in [0.2, 0.25) is 0 Å². The SMILES string of the molecule is NC(=O)CC(N)C(=O)NC(Cc1ccc(O)cc1)C(=O)NC(CC(=O)O)C(=O)N1CCCC1C(=O)O. The van der Waals surface area contributed by atoms with E-state index in [0.717, 1.165) is 4.90 Å². The monoisotopic (exact) mass is 507 g/mol. The number of rotatable bonds is 12. The Hall–Kier alpha value is -4.20. The van der Waals surface area contributed by atoms with Gasteiger partial charge in [-0.25, -0.2) is 4.79 Å². The number of carbonyl (C=O) groups is 6. The summed E-state index contributed by atoms with van der Waals surface area (Å²) in [7, 11) is 0. The molecule has 0 aliphatic carbocycles. The summed E-state index contributed by atoms with van der Waals surface area (Å²) in [4.78, 5) is 73.6. The van der Waals surface area contributed by atoms with E-state index in [1.807, 2.05) is 0 Å². The van der Waals surface area contributed by atoms with Gasteiger partial charge in [0.05, 0.1) is 18.9 Å². The predicted octanol–water partition coefficient (Wildman–Crippen LogP) is -2.34. The molecule has 2 rings (SSSR count). The molecule has 4 unspecified atom stereocenters. The van der Waals surface area contributed by atoms with E-state index in [4.69, 9.17) is 11.5 Å². The summed E-state index contributed by atoms with van der Waals surface area (Å²) in [6.07, 6.45) is -0.879. The highest BCUT2D eigenvalue weighted by Crippen LogP contribution is 2.19. The van der Waals surface area contributed by atoms with Gasteiger partial charge < -0.3 is 42.3 Å². The van der Waals surface area contributed by atoms with E-state index in [0.29, 0.717) is 12.0 Å². The number of nitrogens with one attached hydrogen (secondary N) is 2. The Labute approximate surface area is 205 Å². The fraction of sp³-hybridized carbons (Fsp3) is 0.455. The maximum Gasteiger partial charge on any atom is 0.326 e. The molecule has 1 aliphatic heterocycles. The van der Waals surface area contributed by atoms with Crippen molar-refractivity contribution in [3.63, 3.8) is 0 Å². The fourth-order valence-corrected chi connectivity index (χ4v) is 3.80. The maximum absolute atomic E-state index is 13.1. The molecule has 196 valence electrons. The third-order valence-corrected chi connectivity index (χ3v) is 5.58. The first-order valence-electron chi connectivity index (χ1n) is 11.1. The maximum atomic E-state index is 13.1. The molecule has 1 aromatic carbocycles. The zero-order valence-electron chi connectivity index (χ0n) is 19.3. The Kier molecular flexibility index (Phi) is 9.73. The number of carbonyl (C=O) groups excluding carboxylic acids is 4. The molecule has 1 heterocycles. The minimum atomic E-state index is -1.60. The summed E-state index contributed by atoms with van der Waals surface area (Å²) in [6.45, 7) is 0.0808. The van der Waals surface area contributed by atoms with Crippen LogP contribution >= 0.6 is 0 Å². The molecule has 1 saturated heterocycles. The lowest BCUT2D eigenvalue weighted by Crippen LogP contribution is -2.58. The van der Waals surface area contributed by atoms with Gasteiger partial charge in [-0.15, -0.1) is 0 Å². The molecular weight excluding hydrogens is 478 g/mol. The summed E-state index contributed by atoms with van der Waals surface area (Å²) >= 11 is 0. The van der Waals surface area contributed by atoms with Crippen molar-refractivity contribution in [2.24, 2.45) is 11.5 Å². The number of phenols is 1. The lowest BCUT2D eigenvalue weighted by Gasteiger charge is -2.28. The first-order valence-corrected chi connectivity index (χ1v) is 11.1. The van der Waals surface area contributed by atoms with Crippen molar-refractivity contribution in [2.45, 2.75) is 56.3 Å². The van der Waals surface area contributed by atoms with Crippen LogP contribution < -0.4 is 22.1 Å². The Bertz CT molecular complexity index is 1010. The minimum Gasteiger partial charge on any atom is -0.508 e. The van der Waals surface area contributed by atoms with Crippen LogP contribution in [-0.4, -0.2) is 86.5 Å². The number of carboxylic acids is 2. The Morgan fingerprint density at radius 1 is 0.972 bits per heavy atom. The number of carboxylic acid groups (broad SMARTS) is 2.